The van der Waals surface area contributed by atoms with Crippen LogP contribution in [0.4, 0.5) is 0 Å². The van der Waals surface area contributed by atoms with Crippen LogP contribution in [0.2, 0.25) is 0 Å². The number of amides is 1. The van der Waals surface area contributed by atoms with Crippen molar-refractivity contribution in [2.45, 2.75) is 13.3 Å². The molecular weight excluding hydrogens is 294 g/mol. The molecule has 1 aliphatic rings. The topological polar surface area (TPSA) is 90.6 Å². The maximum Gasteiger partial charge on any atom is 0.260 e. The van der Waals surface area contributed by atoms with Crippen molar-refractivity contribution in [3.05, 3.63) is 33.7 Å². The monoisotopic (exact) mass is 313 g/mol. The Labute approximate surface area is 123 Å². The summed E-state index contributed by atoms with van der Waals surface area (Å²) in [6, 6.07) is 3.19. The number of hydrogen-bond acceptors (Lipinski definition) is 4. The molecule has 1 saturated heterocycles. The molecule has 1 fully saturated rings. The first-order valence-corrected chi connectivity index (χ1v) is 8.58. The van der Waals surface area contributed by atoms with Gasteiger partial charge in [-0.3, -0.25) is 9.59 Å². The van der Waals surface area contributed by atoms with E-state index in [-0.39, 0.29) is 18.0 Å². The number of carbonyl (C=O) groups is 1. The summed E-state index contributed by atoms with van der Waals surface area (Å²) >= 11 is 0. The molecule has 21 heavy (non-hydrogen) atoms. The van der Waals surface area contributed by atoms with Gasteiger partial charge in [-0.15, -0.1) is 0 Å². The van der Waals surface area contributed by atoms with Crippen molar-refractivity contribution in [3.8, 4) is 0 Å². The molecule has 0 spiro atoms. The fourth-order valence-corrected chi connectivity index (χ4v) is 3.21. The van der Waals surface area contributed by atoms with E-state index in [0.717, 1.165) is 6.26 Å². The minimum atomic E-state index is -3.25. The molecule has 1 aromatic heterocycles. The van der Waals surface area contributed by atoms with E-state index in [0.29, 0.717) is 31.7 Å². The third-order valence-corrected chi connectivity index (χ3v) is 4.80. The summed E-state index contributed by atoms with van der Waals surface area (Å²) in [5.74, 6) is -0.355. The quantitative estimate of drug-likeness (QED) is 0.818. The van der Waals surface area contributed by atoms with Crippen molar-refractivity contribution in [3.63, 3.8) is 0 Å². The molecule has 7 nitrogen and oxygen atoms in total. The molecule has 0 unspecified atom stereocenters. The van der Waals surface area contributed by atoms with Crippen LogP contribution in [0.3, 0.4) is 0 Å². The molecule has 0 radical (unpaired) electrons. The van der Waals surface area contributed by atoms with Gasteiger partial charge in [0.2, 0.25) is 10.0 Å². The number of hydrogen-bond donors (Lipinski definition) is 1. The lowest BCUT2D eigenvalue weighted by Crippen LogP contribution is -2.38. The molecule has 0 atom stereocenters. The van der Waals surface area contributed by atoms with Crippen LogP contribution >= 0.6 is 0 Å². The first-order chi connectivity index (χ1) is 9.79. The minimum Gasteiger partial charge on any atom is -0.337 e. The number of aromatic nitrogens is 1. The van der Waals surface area contributed by atoms with Crippen LogP contribution in [-0.4, -0.2) is 60.9 Å². The van der Waals surface area contributed by atoms with Crippen LogP contribution in [0.15, 0.2) is 16.9 Å². The minimum absolute atomic E-state index is 0.0911. The van der Waals surface area contributed by atoms with Crippen LogP contribution < -0.4 is 5.56 Å². The number of carbonyl (C=O) groups excluding carboxylic acids is 1. The highest BCUT2D eigenvalue weighted by atomic mass is 32.2. The molecule has 0 saturated carbocycles. The lowest BCUT2D eigenvalue weighted by atomic mass is 10.2. The van der Waals surface area contributed by atoms with Crippen molar-refractivity contribution < 1.29 is 13.2 Å². The van der Waals surface area contributed by atoms with E-state index < -0.39 is 15.6 Å². The average Bonchev–Trinajstić information content (AvgIpc) is 2.63. The number of sulfonamides is 1. The van der Waals surface area contributed by atoms with Crippen LogP contribution in [0, 0.1) is 6.92 Å². The number of nitrogens with zero attached hydrogens (tertiary/aromatic N) is 2. The van der Waals surface area contributed by atoms with Crippen molar-refractivity contribution in [1.29, 1.82) is 0 Å². The maximum atomic E-state index is 12.4. The fraction of sp³-hybridized carbons (Fsp3) is 0.538. The van der Waals surface area contributed by atoms with Crippen LogP contribution in [-0.2, 0) is 10.0 Å². The van der Waals surface area contributed by atoms with E-state index in [1.165, 1.54) is 15.3 Å². The summed E-state index contributed by atoms with van der Waals surface area (Å²) in [5.41, 5.74) is 0.369. The summed E-state index contributed by atoms with van der Waals surface area (Å²) < 4.78 is 24.5. The first kappa shape index (κ1) is 15.7. The van der Waals surface area contributed by atoms with Gasteiger partial charge in [-0.05, 0) is 25.5 Å². The van der Waals surface area contributed by atoms with Gasteiger partial charge in [0.05, 0.1) is 6.26 Å². The van der Waals surface area contributed by atoms with Gasteiger partial charge in [-0.25, -0.2) is 12.7 Å². The summed E-state index contributed by atoms with van der Waals surface area (Å²) in [6.07, 6.45) is 1.72. The van der Waals surface area contributed by atoms with Crippen molar-refractivity contribution in [2.75, 3.05) is 32.4 Å². The van der Waals surface area contributed by atoms with Crippen molar-refractivity contribution >= 4 is 15.9 Å². The second kappa shape index (κ2) is 5.98. The molecular formula is C13H19N3O4S. The molecule has 1 amide bonds. The third kappa shape index (κ3) is 3.70. The Morgan fingerprint density at radius 1 is 1.19 bits per heavy atom. The molecule has 1 aliphatic heterocycles. The molecule has 0 bridgehead atoms. The number of H-pyrrole nitrogens is 1. The summed E-state index contributed by atoms with van der Waals surface area (Å²) in [7, 11) is -3.25. The van der Waals surface area contributed by atoms with Gasteiger partial charge >= 0.3 is 0 Å². The second-order valence-corrected chi connectivity index (χ2v) is 7.17. The lowest BCUT2D eigenvalue weighted by molar-refractivity contribution is 0.0762. The zero-order valence-corrected chi connectivity index (χ0v) is 12.9. The van der Waals surface area contributed by atoms with Gasteiger partial charge in [0.1, 0.15) is 5.56 Å². The summed E-state index contributed by atoms with van der Waals surface area (Å²) in [5, 5.41) is 0. The Kier molecular flexibility index (Phi) is 4.48. The Bertz CT molecular complexity index is 696. The van der Waals surface area contributed by atoms with Crippen LogP contribution in [0.25, 0.3) is 0 Å². The zero-order valence-electron chi connectivity index (χ0n) is 12.1. The van der Waals surface area contributed by atoms with Gasteiger partial charge < -0.3 is 9.88 Å². The Hall–Kier alpha value is -1.67. The third-order valence-electron chi connectivity index (χ3n) is 3.50. The average molecular weight is 313 g/mol. The predicted octanol–water partition coefficient (Wildman–Crippen LogP) is -0.209. The van der Waals surface area contributed by atoms with E-state index in [1.807, 2.05) is 0 Å². The zero-order chi connectivity index (χ0) is 15.6. The molecule has 1 aromatic rings. The highest BCUT2D eigenvalue weighted by Crippen LogP contribution is 2.09. The lowest BCUT2D eigenvalue weighted by Gasteiger charge is -2.20. The highest BCUT2D eigenvalue weighted by molar-refractivity contribution is 7.88. The van der Waals surface area contributed by atoms with E-state index in [4.69, 9.17) is 0 Å². The number of nitrogens with one attached hydrogen (secondary N) is 1. The largest absolute Gasteiger partial charge is 0.337 e. The maximum absolute atomic E-state index is 12.4. The van der Waals surface area contributed by atoms with Gasteiger partial charge in [0.15, 0.2) is 0 Å². The fourth-order valence-electron chi connectivity index (χ4n) is 2.34. The van der Waals surface area contributed by atoms with Gasteiger partial charge in [0.25, 0.3) is 11.5 Å². The summed E-state index contributed by atoms with van der Waals surface area (Å²) in [4.78, 5) is 28.3. The van der Waals surface area contributed by atoms with E-state index in [2.05, 4.69) is 4.98 Å². The highest BCUT2D eigenvalue weighted by Gasteiger charge is 2.25. The predicted molar refractivity (Wildman–Crippen MR) is 78.7 cm³/mol. The standard InChI is InChI=1S/C13H19N3O4S/c1-10-4-5-11(12(17)14-10)13(18)15-6-3-7-16(9-8-15)21(2,19)20/h4-5H,3,6-9H2,1-2H3,(H,14,17). The van der Waals surface area contributed by atoms with Crippen molar-refractivity contribution in [2.24, 2.45) is 0 Å². The van der Waals surface area contributed by atoms with Gasteiger partial charge in [-0.2, -0.15) is 0 Å². The van der Waals surface area contributed by atoms with Gasteiger partial charge in [-0.1, -0.05) is 0 Å². The van der Waals surface area contributed by atoms with E-state index >= 15 is 0 Å². The molecule has 0 aromatic carbocycles. The Morgan fingerprint density at radius 3 is 2.52 bits per heavy atom. The van der Waals surface area contributed by atoms with E-state index in [9.17, 15) is 18.0 Å². The van der Waals surface area contributed by atoms with Crippen LogP contribution in [0.1, 0.15) is 22.5 Å². The summed E-state index contributed by atoms with van der Waals surface area (Å²) in [6.45, 7) is 3.13. The molecule has 0 aliphatic carbocycles. The first-order valence-electron chi connectivity index (χ1n) is 6.73. The van der Waals surface area contributed by atoms with Crippen molar-refractivity contribution in [1.82, 2.24) is 14.2 Å². The molecule has 116 valence electrons. The smallest absolute Gasteiger partial charge is 0.260 e. The molecule has 2 rings (SSSR count). The number of aromatic amines is 1. The molecule has 2 heterocycles. The Balaban J connectivity index is 2.15. The van der Waals surface area contributed by atoms with E-state index in [1.54, 1.807) is 13.0 Å². The second-order valence-electron chi connectivity index (χ2n) is 5.19. The molecule has 8 heteroatoms. The van der Waals surface area contributed by atoms with Gasteiger partial charge in [0, 0.05) is 31.9 Å². The number of aryl methyl sites for hydroxylation is 1. The molecule has 1 N–H and O–H groups in total. The normalized spacial score (nSPS) is 17.5. The van der Waals surface area contributed by atoms with Crippen LogP contribution in [0.5, 0.6) is 0 Å². The Morgan fingerprint density at radius 2 is 1.90 bits per heavy atom. The SMILES string of the molecule is Cc1ccc(C(=O)N2CCCN(S(C)(=O)=O)CC2)c(=O)[nH]1. The number of pyridine rings is 1. The number of rotatable bonds is 2.